The van der Waals surface area contributed by atoms with Crippen LogP contribution in [0.25, 0.3) is 11.0 Å². The number of benzene rings is 1. The van der Waals surface area contributed by atoms with Crippen molar-refractivity contribution in [2.75, 3.05) is 46.1 Å². The maximum absolute atomic E-state index is 12.2. The molecule has 0 saturated carbocycles. The lowest BCUT2D eigenvalue weighted by Gasteiger charge is -2.31. The second-order valence-corrected chi connectivity index (χ2v) is 8.28. The van der Waals surface area contributed by atoms with Crippen LogP contribution in [-0.2, 0) is 17.7 Å². The number of ether oxygens (including phenoxy) is 2. The van der Waals surface area contributed by atoms with Crippen molar-refractivity contribution in [1.82, 2.24) is 9.80 Å². The molecule has 1 aromatic heterocycles. The first kappa shape index (κ1) is 20.7. The Bertz CT molecular complexity index is 908. The maximum atomic E-state index is 12.2. The predicted octanol–water partition coefficient (Wildman–Crippen LogP) is 3.66. The van der Waals surface area contributed by atoms with Crippen LogP contribution in [0, 0.1) is 0 Å². The van der Waals surface area contributed by atoms with E-state index in [4.69, 9.17) is 25.5 Å². The third-order valence-corrected chi connectivity index (χ3v) is 6.03. The molecule has 29 heavy (non-hydrogen) atoms. The Morgan fingerprint density at radius 3 is 2.69 bits per heavy atom. The molecular formula is C22H29ClN2O4. The van der Waals surface area contributed by atoms with Gasteiger partial charge in [0.25, 0.3) is 0 Å². The fourth-order valence-electron chi connectivity index (χ4n) is 4.16. The summed E-state index contributed by atoms with van der Waals surface area (Å²) in [5.41, 5.74) is 2.21. The van der Waals surface area contributed by atoms with Gasteiger partial charge in [0, 0.05) is 37.6 Å². The molecule has 3 heterocycles. The maximum Gasteiger partial charge on any atom is 0.336 e. The fraction of sp³-hybridized carbons (Fsp3) is 0.591. The molecule has 0 unspecified atom stereocenters. The number of hydrogen-bond donors (Lipinski definition) is 0. The van der Waals surface area contributed by atoms with Crippen LogP contribution < -0.4 is 10.4 Å². The van der Waals surface area contributed by atoms with Crippen LogP contribution in [0.4, 0.5) is 0 Å². The van der Waals surface area contributed by atoms with Gasteiger partial charge in [0.1, 0.15) is 18.1 Å². The number of rotatable bonds is 7. The zero-order valence-corrected chi connectivity index (χ0v) is 17.8. The Morgan fingerprint density at radius 2 is 1.90 bits per heavy atom. The first-order chi connectivity index (χ1) is 14.2. The highest BCUT2D eigenvalue weighted by atomic mass is 35.5. The number of halogens is 1. The van der Waals surface area contributed by atoms with Crippen LogP contribution in [0.2, 0.25) is 5.02 Å². The SMILES string of the molecule is CCCCc1cc(=O)oc2c3c(c(Cl)cc12)OCN(CCCN1CCOCC1)C3. The van der Waals surface area contributed by atoms with Crippen LogP contribution in [0.15, 0.2) is 21.3 Å². The Hall–Kier alpha value is -1.60. The Balaban J connectivity index is 1.53. The van der Waals surface area contributed by atoms with Crippen molar-refractivity contribution in [2.45, 2.75) is 39.2 Å². The van der Waals surface area contributed by atoms with Gasteiger partial charge in [0.05, 0.1) is 23.8 Å². The predicted molar refractivity (Wildman–Crippen MR) is 114 cm³/mol. The molecule has 0 N–H and O–H groups in total. The summed E-state index contributed by atoms with van der Waals surface area (Å²) in [5, 5.41) is 1.52. The van der Waals surface area contributed by atoms with E-state index in [0.717, 1.165) is 81.6 Å². The highest BCUT2D eigenvalue weighted by molar-refractivity contribution is 6.33. The summed E-state index contributed by atoms with van der Waals surface area (Å²) < 4.78 is 17.0. The first-order valence-electron chi connectivity index (χ1n) is 10.6. The van der Waals surface area contributed by atoms with E-state index in [1.165, 1.54) is 0 Å². The van der Waals surface area contributed by atoms with Gasteiger partial charge < -0.3 is 13.9 Å². The minimum absolute atomic E-state index is 0.308. The summed E-state index contributed by atoms with van der Waals surface area (Å²) in [7, 11) is 0. The van der Waals surface area contributed by atoms with E-state index in [9.17, 15) is 4.79 Å². The molecule has 6 nitrogen and oxygen atoms in total. The third kappa shape index (κ3) is 4.77. The first-order valence-corrected chi connectivity index (χ1v) is 11.0. The van der Waals surface area contributed by atoms with Gasteiger partial charge in [-0.2, -0.15) is 0 Å². The minimum atomic E-state index is -0.308. The lowest BCUT2D eigenvalue weighted by molar-refractivity contribution is 0.0330. The summed E-state index contributed by atoms with van der Waals surface area (Å²) in [6.07, 6.45) is 4.00. The van der Waals surface area contributed by atoms with Gasteiger partial charge in [-0.05, 0) is 37.4 Å². The molecule has 0 amide bonds. The summed E-state index contributed by atoms with van der Waals surface area (Å²) in [5.74, 6) is 0.652. The Morgan fingerprint density at radius 1 is 1.10 bits per heavy atom. The molecular weight excluding hydrogens is 392 g/mol. The van der Waals surface area contributed by atoms with Gasteiger partial charge in [-0.15, -0.1) is 0 Å². The number of aryl methyl sites for hydroxylation is 1. The monoisotopic (exact) mass is 420 g/mol. The summed E-state index contributed by atoms with van der Waals surface area (Å²) >= 11 is 6.54. The molecule has 2 aliphatic rings. The summed E-state index contributed by atoms with van der Waals surface area (Å²) in [6, 6.07) is 3.49. The quantitative estimate of drug-likeness (QED) is 0.637. The Kier molecular flexibility index (Phi) is 6.75. The molecule has 0 radical (unpaired) electrons. The number of unbranched alkanes of at least 4 members (excludes halogenated alkanes) is 1. The topological polar surface area (TPSA) is 55.2 Å². The van der Waals surface area contributed by atoms with Crippen molar-refractivity contribution in [3.8, 4) is 5.75 Å². The highest BCUT2D eigenvalue weighted by Crippen LogP contribution is 2.39. The van der Waals surface area contributed by atoms with Crippen molar-refractivity contribution >= 4 is 22.6 Å². The zero-order valence-electron chi connectivity index (χ0n) is 17.0. The number of nitrogens with zero attached hydrogens (tertiary/aromatic N) is 2. The van der Waals surface area contributed by atoms with Crippen molar-refractivity contribution in [1.29, 1.82) is 0 Å². The van der Waals surface area contributed by atoms with E-state index < -0.39 is 0 Å². The van der Waals surface area contributed by atoms with E-state index in [1.54, 1.807) is 6.07 Å². The molecule has 0 aliphatic carbocycles. The summed E-state index contributed by atoms with van der Waals surface area (Å²) in [4.78, 5) is 16.9. The normalized spacial score (nSPS) is 18.0. The van der Waals surface area contributed by atoms with Gasteiger partial charge in [-0.3, -0.25) is 9.80 Å². The van der Waals surface area contributed by atoms with Crippen molar-refractivity contribution < 1.29 is 13.9 Å². The molecule has 0 bridgehead atoms. The standard InChI is InChI=1S/C22H29ClN2O4/c1-2-3-5-16-12-20(26)29-21-17(16)13-19(23)22-18(21)14-25(15-28-22)7-4-6-24-8-10-27-11-9-24/h12-13H,2-11,14-15H2,1H3. The molecule has 0 spiro atoms. The number of morpholine rings is 1. The average Bonchev–Trinajstić information content (AvgIpc) is 2.73. The van der Waals surface area contributed by atoms with E-state index in [2.05, 4.69) is 16.7 Å². The fourth-order valence-corrected chi connectivity index (χ4v) is 4.44. The van der Waals surface area contributed by atoms with Crippen molar-refractivity contribution in [3.63, 3.8) is 0 Å². The van der Waals surface area contributed by atoms with E-state index in [-0.39, 0.29) is 5.63 Å². The Labute approximate surface area is 176 Å². The second kappa shape index (κ2) is 9.47. The van der Waals surface area contributed by atoms with Gasteiger partial charge in [0.2, 0.25) is 0 Å². The van der Waals surface area contributed by atoms with Crippen molar-refractivity contribution in [2.24, 2.45) is 0 Å². The van der Waals surface area contributed by atoms with Crippen LogP contribution >= 0.6 is 11.6 Å². The van der Waals surface area contributed by atoms with Gasteiger partial charge in [-0.25, -0.2) is 4.79 Å². The second-order valence-electron chi connectivity index (χ2n) is 7.87. The lowest BCUT2D eigenvalue weighted by atomic mass is 10.0. The molecule has 4 rings (SSSR count). The van der Waals surface area contributed by atoms with Gasteiger partial charge >= 0.3 is 5.63 Å². The summed E-state index contributed by atoms with van der Waals surface area (Å²) in [6.45, 7) is 8.95. The highest BCUT2D eigenvalue weighted by Gasteiger charge is 2.25. The third-order valence-electron chi connectivity index (χ3n) is 5.75. The van der Waals surface area contributed by atoms with E-state index >= 15 is 0 Å². The van der Waals surface area contributed by atoms with Crippen LogP contribution in [0.1, 0.15) is 37.3 Å². The smallest absolute Gasteiger partial charge is 0.336 e. The van der Waals surface area contributed by atoms with Gasteiger partial charge in [-0.1, -0.05) is 24.9 Å². The minimum Gasteiger partial charge on any atom is -0.476 e. The molecule has 1 fully saturated rings. The van der Waals surface area contributed by atoms with Crippen LogP contribution in [0.3, 0.4) is 0 Å². The van der Waals surface area contributed by atoms with E-state index in [1.807, 2.05) is 6.07 Å². The largest absolute Gasteiger partial charge is 0.476 e. The van der Waals surface area contributed by atoms with E-state index in [0.29, 0.717) is 29.6 Å². The van der Waals surface area contributed by atoms with Crippen LogP contribution in [-0.4, -0.2) is 55.9 Å². The molecule has 2 aliphatic heterocycles. The molecule has 158 valence electrons. The molecule has 2 aromatic rings. The van der Waals surface area contributed by atoms with Crippen molar-refractivity contribution in [3.05, 3.63) is 38.7 Å². The number of fused-ring (bicyclic) bond motifs is 3. The molecule has 7 heteroatoms. The van der Waals surface area contributed by atoms with Gasteiger partial charge in [0.15, 0.2) is 0 Å². The average molecular weight is 421 g/mol. The van der Waals surface area contributed by atoms with Crippen LogP contribution in [0.5, 0.6) is 5.75 Å². The molecule has 1 aromatic carbocycles. The lowest BCUT2D eigenvalue weighted by Crippen LogP contribution is -2.39. The molecule has 1 saturated heterocycles. The zero-order chi connectivity index (χ0) is 20.2. The molecule has 0 atom stereocenters. The number of hydrogen-bond acceptors (Lipinski definition) is 6.